The van der Waals surface area contributed by atoms with Gasteiger partial charge in [0, 0.05) is 44.6 Å². The fraction of sp³-hybridized carbons (Fsp3) is 0.812. The number of hydrogen-bond donors (Lipinski definition) is 0. The molecule has 1 aliphatic rings. The molecule has 0 unspecified atom stereocenters. The van der Waals surface area contributed by atoms with Crippen LogP contribution in [0.5, 0.6) is 0 Å². The highest BCUT2D eigenvalue weighted by Gasteiger charge is 2.14. The monoisotopic (exact) mass is 265 g/mol. The first kappa shape index (κ1) is 16.4. The second kappa shape index (κ2) is 8.49. The first-order valence-corrected chi connectivity index (χ1v) is 7.72. The SMILES string of the molecule is CCC(=N/C=C(\CC)CN1CCN(C)CC1)C(C)C. The molecule has 3 nitrogen and oxygen atoms in total. The summed E-state index contributed by atoms with van der Waals surface area (Å²) < 4.78 is 0. The Morgan fingerprint density at radius 1 is 1.11 bits per heavy atom. The fourth-order valence-electron chi connectivity index (χ4n) is 2.36. The maximum Gasteiger partial charge on any atom is 0.0272 e. The van der Waals surface area contributed by atoms with E-state index in [0.29, 0.717) is 5.92 Å². The van der Waals surface area contributed by atoms with Crippen molar-refractivity contribution >= 4 is 5.71 Å². The van der Waals surface area contributed by atoms with E-state index in [-0.39, 0.29) is 0 Å². The zero-order chi connectivity index (χ0) is 14.3. The van der Waals surface area contributed by atoms with E-state index in [9.17, 15) is 0 Å². The molecular weight excluding hydrogens is 234 g/mol. The molecule has 0 N–H and O–H groups in total. The lowest BCUT2D eigenvalue weighted by molar-refractivity contribution is 0.163. The highest BCUT2D eigenvalue weighted by molar-refractivity contribution is 5.86. The Labute approximate surface area is 119 Å². The molecule has 0 radical (unpaired) electrons. The first-order valence-electron chi connectivity index (χ1n) is 7.72. The number of likely N-dealkylation sites (N-methyl/N-ethyl adjacent to an activating group) is 1. The van der Waals surface area contributed by atoms with Crippen LogP contribution in [0.25, 0.3) is 0 Å². The van der Waals surface area contributed by atoms with E-state index in [2.05, 4.69) is 50.7 Å². The minimum atomic E-state index is 0.558. The molecule has 19 heavy (non-hydrogen) atoms. The molecule has 0 amide bonds. The van der Waals surface area contributed by atoms with E-state index in [4.69, 9.17) is 4.99 Å². The molecule has 1 fully saturated rings. The Hall–Kier alpha value is -0.670. The van der Waals surface area contributed by atoms with Gasteiger partial charge in [-0.1, -0.05) is 27.7 Å². The average Bonchev–Trinajstić information content (AvgIpc) is 2.40. The second-order valence-corrected chi connectivity index (χ2v) is 5.85. The summed E-state index contributed by atoms with van der Waals surface area (Å²) in [6, 6.07) is 0. The van der Waals surface area contributed by atoms with Gasteiger partial charge < -0.3 is 4.90 Å². The summed E-state index contributed by atoms with van der Waals surface area (Å²) in [5.41, 5.74) is 2.76. The summed E-state index contributed by atoms with van der Waals surface area (Å²) in [7, 11) is 2.20. The summed E-state index contributed by atoms with van der Waals surface area (Å²) in [4.78, 5) is 9.66. The number of nitrogens with zero attached hydrogens (tertiary/aromatic N) is 3. The lowest BCUT2D eigenvalue weighted by Gasteiger charge is -2.32. The van der Waals surface area contributed by atoms with Crippen LogP contribution in [0.3, 0.4) is 0 Å². The topological polar surface area (TPSA) is 18.8 Å². The Bertz CT molecular complexity index is 310. The van der Waals surface area contributed by atoms with Crippen molar-refractivity contribution < 1.29 is 0 Å². The third-order valence-corrected chi connectivity index (χ3v) is 3.92. The quantitative estimate of drug-likeness (QED) is 0.687. The third-order valence-electron chi connectivity index (χ3n) is 3.92. The molecule has 0 atom stereocenters. The molecule has 1 heterocycles. The van der Waals surface area contributed by atoms with Crippen LogP contribution in [0.2, 0.25) is 0 Å². The van der Waals surface area contributed by atoms with Crippen LogP contribution in [0.1, 0.15) is 40.5 Å². The highest BCUT2D eigenvalue weighted by Crippen LogP contribution is 2.09. The summed E-state index contributed by atoms with van der Waals surface area (Å²) in [5.74, 6) is 0.558. The Kier molecular flexibility index (Phi) is 7.32. The molecule has 0 aliphatic carbocycles. The van der Waals surface area contributed by atoms with Crippen LogP contribution in [0.4, 0.5) is 0 Å². The first-order chi connectivity index (χ1) is 9.06. The fourth-order valence-corrected chi connectivity index (χ4v) is 2.36. The zero-order valence-corrected chi connectivity index (χ0v) is 13.4. The van der Waals surface area contributed by atoms with Gasteiger partial charge in [-0.25, -0.2) is 0 Å². The van der Waals surface area contributed by atoms with E-state index in [1.54, 1.807) is 0 Å². The molecule has 1 rings (SSSR count). The molecule has 0 aromatic carbocycles. The van der Waals surface area contributed by atoms with Gasteiger partial charge in [-0.3, -0.25) is 9.89 Å². The maximum absolute atomic E-state index is 4.71. The van der Waals surface area contributed by atoms with Gasteiger partial charge in [-0.05, 0) is 31.4 Å². The predicted molar refractivity (Wildman–Crippen MR) is 84.9 cm³/mol. The summed E-state index contributed by atoms with van der Waals surface area (Å²) in [5, 5.41) is 0. The van der Waals surface area contributed by atoms with Crippen LogP contribution in [-0.2, 0) is 0 Å². The Morgan fingerprint density at radius 2 is 1.74 bits per heavy atom. The highest BCUT2D eigenvalue weighted by atomic mass is 15.2. The van der Waals surface area contributed by atoms with Crippen molar-refractivity contribution in [2.45, 2.75) is 40.5 Å². The summed E-state index contributed by atoms with van der Waals surface area (Å²) in [6.07, 6.45) is 4.28. The molecule has 1 saturated heterocycles. The van der Waals surface area contributed by atoms with Crippen molar-refractivity contribution in [3.63, 3.8) is 0 Å². The third kappa shape index (κ3) is 5.87. The van der Waals surface area contributed by atoms with E-state index in [1.165, 1.54) is 37.5 Å². The minimum absolute atomic E-state index is 0.558. The normalized spacial score (nSPS) is 20.3. The smallest absolute Gasteiger partial charge is 0.0272 e. The van der Waals surface area contributed by atoms with Gasteiger partial charge in [0.1, 0.15) is 0 Å². The number of rotatable bonds is 6. The van der Waals surface area contributed by atoms with Crippen LogP contribution < -0.4 is 0 Å². The Balaban J connectivity index is 2.57. The van der Waals surface area contributed by atoms with Crippen LogP contribution in [-0.4, -0.2) is 55.3 Å². The van der Waals surface area contributed by atoms with Gasteiger partial charge >= 0.3 is 0 Å². The van der Waals surface area contributed by atoms with Crippen molar-refractivity contribution in [3.8, 4) is 0 Å². The molecular formula is C16H31N3. The largest absolute Gasteiger partial charge is 0.304 e. The van der Waals surface area contributed by atoms with Gasteiger partial charge in [0.15, 0.2) is 0 Å². The molecule has 0 saturated carbocycles. The van der Waals surface area contributed by atoms with Crippen molar-refractivity contribution in [2.75, 3.05) is 39.8 Å². The lowest BCUT2D eigenvalue weighted by Crippen LogP contribution is -2.45. The molecule has 0 aromatic rings. The van der Waals surface area contributed by atoms with Crippen molar-refractivity contribution in [1.29, 1.82) is 0 Å². The van der Waals surface area contributed by atoms with Crippen molar-refractivity contribution in [2.24, 2.45) is 10.9 Å². The summed E-state index contributed by atoms with van der Waals surface area (Å²) in [6.45, 7) is 14.7. The maximum atomic E-state index is 4.71. The van der Waals surface area contributed by atoms with Crippen LogP contribution in [0, 0.1) is 5.92 Å². The molecule has 0 bridgehead atoms. The van der Waals surface area contributed by atoms with E-state index < -0.39 is 0 Å². The minimum Gasteiger partial charge on any atom is -0.304 e. The van der Waals surface area contributed by atoms with Gasteiger partial charge in [0.25, 0.3) is 0 Å². The van der Waals surface area contributed by atoms with E-state index in [1.807, 2.05) is 0 Å². The second-order valence-electron chi connectivity index (χ2n) is 5.85. The Morgan fingerprint density at radius 3 is 2.21 bits per heavy atom. The number of hydrogen-bond acceptors (Lipinski definition) is 3. The molecule has 0 spiro atoms. The predicted octanol–water partition coefficient (Wildman–Crippen LogP) is 3.03. The van der Waals surface area contributed by atoms with Gasteiger partial charge in [0.2, 0.25) is 0 Å². The lowest BCUT2D eigenvalue weighted by atomic mass is 10.1. The number of piperazine rings is 1. The van der Waals surface area contributed by atoms with Crippen LogP contribution >= 0.6 is 0 Å². The number of aliphatic imine (C=N–C) groups is 1. The van der Waals surface area contributed by atoms with Crippen molar-refractivity contribution in [3.05, 3.63) is 11.8 Å². The van der Waals surface area contributed by atoms with Gasteiger partial charge in [0.05, 0.1) is 0 Å². The van der Waals surface area contributed by atoms with E-state index >= 15 is 0 Å². The van der Waals surface area contributed by atoms with Crippen LogP contribution in [0.15, 0.2) is 16.8 Å². The average molecular weight is 265 g/mol. The van der Waals surface area contributed by atoms with Gasteiger partial charge in [-0.15, -0.1) is 0 Å². The molecule has 110 valence electrons. The standard InChI is InChI=1S/C16H31N3/c1-6-15(12-17-16(7-2)14(3)4)13-19-10-8-18(5)9-11-19/h12,14H,6-11,13H2,1-5H3/b15-12+,17-16?. The molecule has 1 aliphatic heterocycles. The summed E-state index contributed by atoms with van der Waals surface area (Å²) >= 11 is 0. The van der Waals surface area contributed by atoms with Gasteiger partial charge in [-0.2, -0.15) is 0 Å². The molecule has 0 aromatic heterocycles. The zero-order valence-electron chi connectivity index (χ0n) is 13.4. The molecule has 3 heteroatoms. The van der Waals surface area contributed by atoms with Crippen molar-refractivity contribution in [1.82, 2.24) is 9.80 Å². The van der Waals surface area contributed by atoms with E-state index in [0.717, 1.165) is 19.4 Å².